The van der Waals surface area contributed by atoms with Crippen molar-refractivity contribution in [3.8, 4) is 0 Å². The first-order valence-electron chi connectivity index (χ1n) is 7.74. The maximum atomic E-state index is 13.2. The Hall–Kier alpha value is -1.00. The molecule has 1 heterocycles. The van der Waals surface area contributed by atoms with Gasteiger partial charge < -0.3 is 5.32 Å². The number of likely N-dealkylation sites (tertiary alicyclic amines) is 1. The summed E-state index contributed by atoms with van der Waals surface area (Å²) in [4.78, 5) is 2.28. The van der Waals surface area contributed by atoms with E-state index in [0.29, 0.717) is 12.5 Å². The first-order chi connectivity index (χ1) is 9.82. The fraction of sp³-hybridized carbons (Fsp3) is 0.647. The lowest BCUT2D eigenvalue weighted by Gasteiger charge is -2.33. The van der Waals surface area contributed by atoms with Crippen LogP contribution in [0.1, 0.15) is 39.2 Å². The maximum absolute atomic E-state index is 13.2. The molecule has 2 rings (SSSR count). The largest absolute Gasteiger partial charge is 0.312 e. The summed E-state index contributed by atoms with van der Waals surface area (Å²) >= 11 is 0. The molecular weight excluding hydrogens is 270 g/mol. The van der Waals surface area contributed by atoms with Gasteiger partial charge in [0.05, 0.1) is 0 Å². The number of hydrogen-bond donors (Lipinski definition) is 1. The first kappa shape index (κ1) is 16.4. The number of nitrogens with one attached hydrogen (secondary N) is 1. The Morgan fingerprint density at radius 3 is 2.19 bits per heavy atom. The third-order valence-corrected chi connectivity index (χ3v) is 3.96. The number of halogens is 2. The van der Waals surface area contributed by atoms with Crippen LogP contribution in [0.3, 0.4) is 0 Å². The van der Waals surface area contributed by atoms with Crippen molar-refractivity contribution in [1.29, 1.82) is 0 Å². The molecule has 1 fully saturated rings. The van der Waals surface area contributed by atoms with Gasteiger partial charge in [-0.15, -0.1) is 0 Å². The lowest BCUT2D eigenvalue weighted by molar-refractivity contribution is 0.170. The van der Waals surface area contributed by atoms with Crippen molar-refractivity contribution in [3.05, 3.63) is 35.4 Å². The second-order valence-corrected chi connectivity index (χ2v) is 7.13. The molecule has 21 heavy (non-hydrogen) atoms. The van der Waals surface area contributed by atoms with Crippen molar-refractivity contribution >= 4 is 0 Å². The van der Waals surface area contributed by atoms with Crippen LogP contribution in [0.15, 0.2) is 18.2 Å². The molecule has 2 nitrogen and oxygen atoms in total. The summed E-state index contributed by atoms with van der Waals surface area (Å²) in [5, 5.41) is 3.55. The minimum atomic E-state index is -0.491. The Morgan fingerprint density at radius 2 is 1.67 bits per heavy atom. The molecule has 0 atom stereocenters. The molecule has 0 amide bonds. The fourth-order valence-electron chi connectivity index (χ4n) is 2.76. The molecular formula is C17H26F2N2. The predicted molar refractivity (Wildman–Crippen MR) is 82.1 cm³/mol. The average molecular weight is 296 g/mol. The Balaban J connectivity index is 1.79. The molecule has 0 bridgehead atoms. The Kier molecular flexibility index (Phi) is 5.33. The highest BCUT2D eigenvalue weighted by Crippen LogP contribution is 2.20. The van der Waals surface area contributed by atoms with E-state index in [1.165, 1.54) is 12.1 Å². The molecule has 4 heteroatoms. The van der Waals surface area contributed by atoms with Gasteiger partial charge >= 0.3 is 0 Å². The van der Waals surface area contributed by atoms with Gasteiger partial charge in [0.1, 0.15) is 11.6 Å². The van der Waals surface area contributed by atoms with Gasteiger partial charge in [0.15, 0.2) is 0 Å². The van der Waals surface area contributed by atoms with E-state index in [9.17, 15) is 8.78 Å². The van der Waals surface area contributed by atoms with Crippen molar-refractivity contribution in [2.24, 2.45) is 5.92 Å². The van der Waals surface area contributed by atoms with E-state index < -0.39 is 11.6 Å². The number of rotatable bonds is 4. The van der Waals surface area contributed by atoms with E-state index in [2.05, 4.69) is 31.0 Å². The van der Waals surface area contributed by atoms with Crippen molar-refractivity contribution in [1.82, 2.24) is 10.2 Å². The van der Waals surface area contributed by atoms with Gasteiger partial charge in [0.2, 0.25) is 0 Å². The second kappa shape index (κ2) is 6.84. The van der Waals surface area contributed by atoms with Crippen LogP contribution in [-0.2, 0) is 6.54 Å². The number of hydrogen-bond acceptors (Lipinski definition) is 2. The van der Waals surface area contributed by atoms with Crippen molar-refractivity contribution in [2.45, 2.75) is 45.7 Å². The Morgan fingerprint density at radius 1 is 1.10 bits per heavy atom. The summed E-state index contributed by atoms with van der Waals surface area (Å²) in [5.74, 6) is -0.284. The minimum absolute atomic E-state index is 0.163. The van der Waals surface area contributed by atoms with Gasteiger partial charge in [0, 0.05) is 18.2 Å². The molecule has 1 aromatic carbocycles. The van der Waals surface area contributed by atoms with Crippen molar-refractivity contribution in [2.75, 3.05) is 19.6 Å². The first-order valence-corrected chi connectivity index (χ1v) is 7.74. The van der Waals surface area contributed by atoms with Gasteiger partial charge in [-0.25, -0.2) is 8.78 Å². The SMILES string of the molecule is CC(C)(C)NCC1CCN(Cc2cc(F)cc(F)c2)CC1. The number of benzene rings is 1. The summed E-state index contributed by atoms with van der Waals surface area (Å²) in [6.45, 7) is 10.2. The van der Waals surface area contributed by atoms with Crippen molar-refractivity contribution in [3.63, 3.8) is 0 Å². The number of piperidine rings is 1. The van der Waals surface area contributed by atoms with E-state index in [1.807, 2.05) is 0 Å². The average Bonchev–Trinajstić information content (AvgIpc) is 2.36. The van der Waals surface area contributed by atoms with Gasteiger partial charge in [-0.1, -0.05) is 0 Å². The normalized spacial score (nSPS) is 18.1. The van der Waals surface area contributed by atoms with Crippen LogP contribution in [0.4, 0.5) is 8.78 Å². The molecule has 0 aliphatic carbocycles. The molecule has 0 saturated carbocycles. The Bertz CT molecular complexity index is 440. The van der Waals surface area contributed by atoms with E-state index in [1.54, 1.807) is 0 Å². The summed E-state index contributed by atoms with van der Waals surface area (Å²) in [6.07, 6.45) is 2.28. The van der Waals surface area contributed by atoms with Gasteiger partial charge in [-0.2, -0.15) is 0 Å². The minimum Gasteiger partial charge on any atom is -0.312 e. The van der Waals surface area contributed by atoms with Crippen LogP contribution < -0.4 is 5.32 Å². The molecule has 118 valence electrons. The highest BCUT2D eigenvalue weighted by atomic mass is 19.1. The summed E-state index contributed by atoms with van der Waals surface area (Å²) in [6, 6.07) is 3.78. The van der Waals surface area contributed by atoms with E-state index in [4.69, 9.17) is 0 Å². The summed E-state index contributed by atoms with van der Waals surface area (Å²) < 4.78 is 26.4. The monoisotopic (exact) mass is 296 g/mol. The highest BCUT2D eigenvalue weighted by Gasteiger charge is 2.21. The van der Waals surface area contributed by atoms with Gasteiger partial charge in [-0.05, 0) is 76.9 Å². The van der Waals surface area contributed by atoms with Gasteiger partial charge in [0.25, 0.3) is 0 Å². The third kappa shape index (κ3) is 5.71. The van der Waals surface area contributed by atoms with E-state index in [0.717, 1.165) is 44.1 Å². The third-order valence-electron chi connectivity index (χ3n) is 3.96. The molecule has 1 N–H and O–H groups in total. The molecule has 1 saturated heterocycles. The zero-order valence-corrected chi connectivity index (χ0v) is 13.3. The molecule has 0 radical (unpaired) electrons. The van der Waals surface area contributed by atoms with Crippen molar-refractivity contribution < 1.29 is 8.78 Å². The van der Waals surface area contributed by atoms with Crippen LogP contribution >= 0.6 is 0 Å². The highest BCUT2D eigenvalue weighted by molar-refractivity contribution is 5.17. The second-order valence-electron chi connectivity index (χ2n) is 7.13. The smallest absolute Gasteiger partial charge is 0.126 e. The lowest BCUT2D eigenvalue weighted by atomic mass is 9.95. The molecule has 1 aliphatic rings. The molecule has 1 aromatic rings. The van der Waals surface area contributed by atoms with Crippen LogP contribution in [0.2, 0.25) is 0 Å². The van der Waals surface area contributed by atoms with Crippen LogP contribution in [0.5, 0.6) is 0 Å². The zero-order chi connectivity index (χ0) is 15.5. The fourth-order valence-corrected chi connectivity index (χ4v) is 2.76. The lowest BCUT2D eigenvalue weighted by Crippen LogP contribution is -2.42. The molecule has 0 spiro atoms. The van der Waals surface area contributed by atoms with Gasteiger partial charge in [-0.3, -0.25) is 4.90 Å². The zero-order valence-electron chi connectivity index (χ0n) is 13.3. The predicted octanol–water partition coefficient (Wildman–Crippen LogP) is 3.56. The summed E-state index contributed by atoms with van der Waals surface area (Å²) in [7, 11) is 0. The summed E-state index contributed by atoms with van der Waals surface area (Å²) in [5.41, 5.74) is 0.884. The maximum Gasteiger partial charge on any atom is 0.126 e. The van der Waals surface area contributed by atoms with E-state index in [-0.39, 0.29) is 5.54 Å². The molecule has 1 aliphatic heterocycles. The molecule has 0 aromatic heterocycles. The topological polar surface area (TPSA) is 15.3 Å². The van der Waals surface area contributed by atoms with Crippen LogP contribution in [-0.4, -0.2) is 30.1 Å². The van der Waals surface area contributed by atoms with Crippen LogP contribution in [0.25, 0.3) is 0 Å². The van der Waals surface area contributed by atoms with Crippen LogP contribution in [0, 0.1) is 17.6 Å². The number of nitrogens with zero attached hydrogens (tertiary/aromatic N) is 1. The molecule has 0 unspecified atom stereocenters. The standard InChI is InChI=1S/C17H26F2N2/c1-17(2,3)20-11-13-4-6-21(7-5-13)12-14-8-15(18)10-16(19)9-14/h8-10,13,20H,4-7,11-12H2,1-3H3. The van der Waals surface area contributed by atoms with E-state index >= 15 is 0 Å². The quantitative estimate of drug-likeness (QED) is 0.914. The Labute approximate surface area is 126 Å².